The molecule has 26 heavy (non-hydrogen) atoms. The Morgan fingerprint density at radius 3 is 2.77 bits per heavy atom. The molecular weight excluding hydrogens is 339 g/mol. The number of aromatic amines is 1. The Hall–Kier alpha value is -3.68. The normalized spacial score (nSPS) is 10.8. The Balaban J connectivity index is 1.66. The van der Waals surface area contributed by atoms with Gasteiger partial charge in [0, 0.05) is 5.56 Å². The monoisotopic (exact) mass is 354 g/mol. The van der Waals surface area contributed by atoms with Crippen LogP contribution in [0.5, 0.6) is 11.5 Å². The zero-order valence-electron chi connectivity index (χ0n) is 13.7. The van der Waals surface area contributed by atoms with E-state index in [1.807, 2.05) is 0 Å². The second-order valence-corrected chi connectivity index (χ2v) is 5.30. The first-order valence-electron chi connectivity index (χ1n) is 7.58. The van der Waals surface area contributed by atoms with Crippen molar-refractivity contribution in [3.63, 3.8) is 0 Å². The summed E-state index contributed by atoms with van der Waals surface area (Å²) in [5.74, 6) is -0.507. The third-order valence-corrected chi connectivity index (χ3v) is 3.55. The van der Waals surface area contributed by atoms with Gasteiger partial charge in [0.15, 0.2) is 11.5 Å². The Morgan fingerprint density at radius 1 is 1.27 bits per heavy atom. The maximum atomic E-state index is 13.0. The van der Waals surface area contributed by atoms with Crippen LogP contribution in [0.25, 0.3) is 11.3 Å². The largest absolute Gasteiger partial charge is 0.504 e. The predicted molar refractivity (Wildman–Crippen MR) is 93.7 cm³/mol. The van der Waals surface area contributed by atoms with Gasteiger partial charge in [-0.1, -0.05) is 0 Å². The first-order chi connectivity index (χ1) is 12.6. The highest BCUT2D eigenvalue weighted by molar-refractivity contribution is 5.94. The second kappa shape index (κ2) is 7.47. The summed E-state index contributed by atoms with van der Waals surface area (Å²) in [5, 5.41) is 20.0. The van der Waals surface area contributed by atoms with Crippen LogP contribution in [0.3, 0.4) is 0 Å². The highest BCUT2D eigenvalue weighted by Crippen LogP contribution is 2.25. The summed E-state index contributed by atoms with van der Waals surface area (Å²) in [6.07, 6.45) is 1.41. The number of ether oxygens (including phenoxy) is 1. The quantitative estimate of drug-likeness (QED) is 0.484. The zero-order chi connectivity index (χ0) is 18.5. The van der Waals surface area contributed by atoms with E-state index in [-0.39, 0.29) is 17.3 Å². The number of nitrogens with one attached hydrogen (secondary N) is 2. The lowest BCUT2D eigenvalue weighted by molar-refractivity contribution is 0.0950. The van der Waals surface area contributed by atoms with E-state index in [1.165, 1.54) is 31.5 Å². The summed E-state index contributed by atoms with van der Waals surface area (Å²) in [7, 11) is 1.44. The van der Waals surface area contributed by atoms with E-state index in [9.17, 15) is 14.3 Å². The van der Waals surface area contributed by atoms with Crippen molar-refractivity contribution in [3.8, 4) is 22.8 Å². The third kappa shape index (κ3) is 3.86. The zero-order valence-corrected chi connectivity index (χ0v) is 13.7. The molecular formula is C18H15FN4O3. The molecule has 3 aromatic rings. The number of benzene rings is 2. The average molecular weight is 354 g/mol. The number of H-pyrrole nitrogens is 1. The molecule has 0 aliphatic heterocycles. The lowest BCUT2D eigenvalue weighted by Gasteiger charge is -2.03. The number of methoxy groups -OCH3 is 1. The van der Waals surface area contributed by atoms with Gasteiger partial charge in [0.05, 0.1) is 19.0 Å². The van der Waals surface area contributed by atoms with Crippen molar-refractivity contribution in [1.29, 1.82) is 0 Å². The first-order valence-corrected chi connectivity index (χ1v) is 7.58. The number of phenols is 1. The number of halogens is 1. The third-order valence-electron chi connectivity index (χ3n) is 3.55. The van der Waals surface area contributed by atoms with Crippen LogP contribution in [0.4, 0.5) is 4.39 Å². The number of hydrogen-bond acceptors (Lipinski definition) is 5. The molecule has 0 saturated carbocycles. The standard InChI is InChI=1S/C18H15FN4O3/c1-26-17-8-11(2-7-16(17)24)10-20-23-18(25)15-9-14(21-22-15)12-3-5-13(19)6-4-12/h2-10,24H,1H3,(H,21,22)(H,23,25)/b20-10-. The number of carbonyl (C=O) groups is 1. The number of amides is 1. The van der Waals surface area contributed by atoms with Gasteiger partial charge in [-0.2, -0.15) is 10.2 Å². The molecule has 0 saturated heterocycles. The Labute approximate surface area is 148 Å². The van der Waals surface area contributed by atoms with Gasteiger partial charge in [-0.15, -0.1) is 0 Å². The highest BCUT2D eigenvalue weighted by atomic mass is 19.1. The van der Waals surface area contributed by atoms with Crippen LogP contribution >= 0.6 is 0 Å². The van der Waals surface area contributed by atoms with E-state index in [1.54, 1.807) is 30.3 Å². The molecule has 0 aliphatic rings. The van der Waals surface area contributed by atoms with Gasteiger partial charge in [-0.05, 0) is 54.1 Å². The van der Waals surface area contributed by atoms with Crippen LogP contribution in [0.15, 0.2) is 53.6 Å². The molecule has 7 nitrogen and oxygen atoms in total. The smallest absolute Gasteiger partial charge is 0.289 e. The van der Waals surface area contributed by atoms with Gasteiger partial charge in [-0.25, -0.2) is 9.82 Å². The minimum Gasteiger partial charge on any atom is -0.504 e. The molecule has 3 N–H and O–H groups in total. The Morgan fingerprint density at radius 2 is 2.04 bits per heavy atom. The number of aromatic hydroxyl groups is 1. The van der Waals surface area contributed by atoms with Gasteiger partial charge in [0.1, 0.15) is 11.5 Å². The Kier molecular flexibility index (Phi) is 4.93. The molecule has 0 radical (unpaired) electrons. The lowest BCUT2D eigenvalue weighted by atomic mass is 10.1. The maximum absolute atomic E-state index is 13.0. The molecule has 0 unspecified atom stereocenters. The van der Waals surface area contributed by atoms with E-state index in [2.05, 4.69) is 20.7 Å². The van der Waals surface area contributed by atoms with Crippen molar-refractivity contribution in [3.05, 3.63) is 65.6 Å². The number of phenolic OH excluding ortho intramolecular Hbond substituents is 1. The molecule has 8 heteroatoms. The van der Waals surface area contributed by atoms with Crippen molar-refractivity contribution in [1.82, 2.24) is 15.6 Å². The van der Waals surface area contributed by atoms with Crippen molar-refractivity contribution in [2.45, 2.75) is 0 Å². The molecule has 0 spiro atoms. The van der Waals surface area contributed by atoms with E-state index in [4.69, 9.17) is 4.74 Å². The molecule has 0 aliphatic carbocycles. The van der Waals surface area contributed by atoms with E-state index < -0.39 is 5.91 Å². The van der Waals surface area contributed by atoms with Gasteiger partial charge in [0.25, 0.3) is 5.91 Å². The fourth-order valence-corrected chi connectivity index (χ4v) is 2.21. The summed E-state index contributed by atoms with van der Waals surface area (Å²) in [5.41, 5.74) is 4.42. The highest BCUT2D eigenvalue weighted by Gasteiger charge is 2.10. The molecule has 0 atom stereocenters. The molecule has 132 valence electrons. The average Bonchev–Trinajstić information content (AvgIpc) is 3.14. The summed E-state index contributed by atoms with van der Waals surface area (Å²) in [4.78, 5) is 12.1. The van der Waals surface area contributed by atoms with E-state index >= 15 is 0 Å². The van der Waals surface area contributed by atoms with Crippen LogP contribution in [-0.2, 0) is 0 Å². The number of nitrogens with zero attached hydrogens (tertiary/aromatic N) is 2. The fourth-order valence-electron chi connectivity index (χ4n) is 2.21. The number of aromatic nitrogens is 2. The molecule has 3 rings (SSSR count). The van der Waals surface area contributed by atoms with Crippen LogP contribution < -0.4 is 10.2 Å². The summed E-state index contributed by atoms with van der Waals surface area (Å²) >= 11 is 0. The lowest BCUT2D eigenvalue weighted by Crippen LogP contribution is -2.18. The van der Waals surface area contributed by atoms with Crippen LogP contribution in [-0.4, -0.2) is 34.5 Å². The van der Waals surface area contributed by atoms with Crippen molar-refractivity contribution < 1.29 is 19.0 Å². The van der Waals surface area contributed by atoms with Crippen molar-refractivity contribution in [2.75, 3.05) is 7.11 Å². The van der Waals surface area contributed by atoms with E-state index in [0.717, 1.165) is 0 Å². The topological polar surface area (TPSA) is 99.6 Å². The summed E-state index contributed by atoms with van der Waals surface area (Å²) in [6.45, 7) is 0. The van der Waals surface area contributed by atoms with Gasteiger partial charge < -0.3 is 9.84 Å². The molecule has 1 amide bonds. The van der Waals surface area contributed by atoms with Crippen molar-refractivity contribution >= 4 is 12.1 Å². The van der Waals surface area contributed by atoms with Crippen LogP contribution in [0.2, 0.25) is 0 Å². The molecule has 0 fully saturated rings. The molecule has 2 aromatic carbocycles. The molecule has 0 bridgehead atoms. The fraction of sp³-hybridized carbons (Fsp3) is 0.0556. The first kappa shape index (κ1) is 17.2. The molecule has 1 heterocycles. The number of rotatable bonds is 5. The van der Waals surface area contributed by atoms with Crippen LogP contribution in [0, 0.1) is 5.82 Å². The molecule has 1 aromatic heterocycles. The van der Waals surface area contributed by atoms with Gasteiger partial charge >= 0.3 is 0 Å². The summed E-state index contributed by atoms with van der Waals surface area (Å²) in [6, 6.07) is 12.0. The minimum atomic E-state index is -0.479. The second-order valence-electron chi connectivity index (χ2n) is 5.30. The number of hydrazone groups is 1. The maximum Gasteiger partial charge on any atom is 0.289 e. The van der Waals surface area contributed by atoms with Crippen molar-refractivity contribution in [2.24, 2.45) is 5.10 Å². The van der Waals surface area contributed by atoms with E-state index in [0.29, 0.717) is 22.6 Å². The SMILES string of the molecule is COc1cc(/C=N\NC(=O)c2cc(-c3ccc(F)cc3)n[nH]2)ccc1O. The number of carbonyl (C=O) groups excluding carboxylic acids is 1. The van der Waals surface area contributed by atoms with Crippen LogP contribution in [0.1, 0.15) is 16.1 Å². The van der Waals surface area contributed by atoms with Gasteiger partial charge in [0.2, 0.25) is 0 Å². The summed E-state index contributed by atoms with van der Waals surface area (Å²) < 4.78 is 18.0. The number of hydrogen-bond donors (Lipinski definition) is 3. The van der Waals surface area contributed by atoms with Gasteiger partial charge in [-0.3, -0.25) is 9.89 Å². The minimum absolute atomic E-state index is 0.0134. The Bertz CT molecular complexity index is 951. The predicted octanol–water partition coefficient (Wildman–Crippen LogP) is 2.69.